The highest BCUT2D eigenvalue weighted by Crippen LogP contribution is 2.54. The Morgan fingerprint density at radius 3 is 2.59 bits per heavy atom. The standard InChI is InChI=1S/C31H38F2N6O2/c1-19(40)37-11-7-27-26(18-37)30(35-39(27)22-5-8-31(9-6-22)14-23(41)15-31)38-10-3-4-20-12-24(21-16-34-36(2)17-21)25(29(32)33)13-28(20)38/h12-13,16-17,22-23,29,41H,3-11,14-15,18H2,1-2H3. The summed E-state index contributed by atoms with van der Waals surface area (Å²) in [4.78, 5) is 16.4. The van der Waals surface area contributed by atoms with Crippen molar-refractivity contribution in [2.24, 2.45) is 12.5 Å². The van der Waals surface area contributed by atoms with Crippen LogP contribution >= 0.6 is 0 Å². The number of halogens is 2. The topological polar surface area (TPSA) is 79.4 Å². The number of nitrogens with zero attached hydrogens (tertiary/aromatic N) is 6. The number of amides is 1. The molecule has 2 aliphatic carbocycles. The minimum atomic E-state index is -2.63. The average molecular weight is 565 g/mol. The van der Waals surface area contributed by atoms with E-state index in [0.717, 1.165) is 80.4 Å². The van der Waals surface area contributed by atoms with Gasteiger partial charge < -0.3 is 14.9 Å². The van der Waals surface area contributed by atoms with Crippen molar-refractivity contribution in [1.82, 2.24) is 24.5 Å². The van der Waals surface area contributed by atoms with Crippen LogP contribution in [0.2, 0.25) is 0 Å². The van der Waals surface area contributed by atoms with Crippen LogP contribution < -0.4 is 4.90 Å². The minimum Gasteiger partial charge on any atom is -0.393 e. The van der Waals surface area contributed by atoms with Gasteiger partial charge in [-0.3, -0.25) is 14.2 Å². The Bertz CT molecular complexity index is 1480. The molecule has 10 heteroatoms. The van der Waals surface area contributed by atoms with Crippen molar-refractivity contribution in [2.45, 2.75) is 89.8 Å². The second-order valence-electron chi connectivity index (χ2n) is 12.7. The van der Waals surface area contributed by atoms with Gasteiger partial charge >= 0.3 is 0 Å². The minimum absolute atomic E-state index is 0.00239. The Balaban J connectivity index is 1.29. The number of hydrogen-bond donors (Lipinski definition) is 1. The lowest BCUT2D eigenvalue weighted by Crippen LogP contribution is -2.43. The van der Waals surface area contributed by atoms with Crippen LogP contribution in [0.3, 0.4) is 0 Å². The van der Waals surface area contributed by atoms with Gasteiger partial charge in [-0.2, -0.15) is 10.2 Å². The summed E-state index contributed by atoms with van der Waals surface area (Å²) in [5.41, 5.74) is 5.57. The summed E-state index contributed by atoms with van der Waals surface area (Å²) in [5.74, 6) is 0.846. The van der Waals surface area contributed by atoms with Crippen LogP contribution in [0.1, 0.15) is 86.7 Å². The SMILES string of the molecule is CC(=O)N1CCc2c(c(N3CCCc4cc(-c5cnn(C)c5)c(C(F)F)cc43)nn2C2CCC3(CC2)CC(O)C3)C1. The molecule has 0 unspecified atom stereocenters. The van der Waals surface area contributed by atoms with Crippen LogP contribution in [0.15, 0.2) is 24.5 Å². The number of benzene rings is 1. The zero-order valence-corrected chi connectivity index (χ0v) is 23.8. The summed E-state index contributed by atoms with van der Waals surface area (Å²) in [6.45, 7) is 3.45. The smallest absolute Gasteiger partial charge is 0.264 e. The number of aryl methyl sites for hydroxylation is 2. The van der Waals surface area contributed by atoms with Gasteiger partial charge in [0, 0.05) is 67.8 Å². The van der Waals surface area contributed by atoms with Gasteiger partial charge in [0.1, 0.15) is 0 Å². The molecule has 218 valence electrons. The molecule has 2 fully saturated rings. The zero-order valence-electron chi connectivity index (χ0n) is 23.8. The summed E-state index contributed by atoms with van der Waals surface area (Å²) in [7, 11) is 1.79. The number of aromatic nitrogens is 4. The van der Waals surface area contributed by atoms with Gasteiger partial charge in [0.15, 0.2) is 5.82 Å². The first-order valence-corrected chi connectivity index (χ1v) is 15.0. The molecule has 0 saturated heterocycles. The number of aliphatic hydroxyl groups is 1. The predicted molar refractivity (Wildman–Crippen MR) is 151 cm³/mol. The van der Waals surface area contributed by atoms with Crippen LogP contribution in [0, 0.1) is 5.41 Å². The molecule has 1 aromatic carbocycles. The van der Waals surface area contributed by atoms with Gasteiger partial charge in [-0.15, -0.1) is 0 Å². The molecule has 0 bridgehead atoms. The Morgan fingerprint density at radius 1 is 1.15 bits per heavy atom. The Hall–Kier alpha value is -3.27. The number of carbonyl (C=O) groups excluding carboxylic acids is 1. The van der Waals surface area contributed by atoms with Gasteiger partial charge in [0.05, 0.1) is 24.9 Å². The molecule has 8 nitrogen and oxygen atoms in total. The van der Waals surface area contributed by atoms with E-state index in [1.54, 1.807) is 37.1 Å². The van der Waals surface area contributed by atoms with Gasteiger partial charge in [-0.05, 0) is 80.0 Å². The van der Waals surface area contributed by atoms with Gasteiger partial charge in [0.25, 0.3) is 6.43 Å². The summed E-state index contributed by atoms with van der Waals surface area (Å²) in [6.07, 6.45) is 9.15. The van der Waals surface area contributed by atoms with E-state index in [0.29, 0.717) is 36.2 Å². The maximum Gasteiger partial charge on any atom is 0.264 e. The number of fused-ring (bicyclic) bond motifs is 2. The number of hydrogen-bond acceptors (Lipinski definition) is 5. The largest absolute Gasteiger partial charge is 0.393 e. The molecule has 1 spiro atoms. The van der Waals surface area contributed by atoms with Crippen LogP contribution in [0.25, 0.3) is 11.1 Å². The Kier molecular flexibility index (Phi) is 6.44. The number of carbonyl (C=O) groups is 1. The molecule has 4 aliphatic rings. The number of alkyl halides is 2. The van der Waals surface area contributed by atoms with Crippen LogP contribution in [-0.2, 0) is 31.2 Å². The lowest BCUT2D eigenvalue weighted by molar-refractivity contribution is -0.129. The van der Waals surface area contributed by atoms with E-state index in [1.165, 1.54) is 5.69 Å². The fourth-order valence-corrected chi connectivity index (χ4v) is 7.88. The van der Waals surface area contributed by atoms with Crippen molar-refractivity contribution in [1.29, 1.82) is 0 Å². The Morgan fingerprint density at radius 2 is 1.93 bits per heavy atom. The van der Waals surface area contributed by atoms with Gasteiger partial charge in [0.2, 0.25) is 5.91 Å². The maximum absolute atomic E-state index is 14.5. The molecule has 2 aromatic heterocycles. The van der Waals surface area contributed by atoms with E-state index < -0.39 is 6.43 Å². The summed E-state index contributed by atoms with van der Waals surface area (Å²) in [6, 6.07) is 3.85. The molecular formula is C31H38F2N6O2. The molecule has 0 radical (unpaired) electrons. The quantitative estimate of drug-likeness (QED) is 0.455. The number of aliphatic hydroxyl groups excluding tert-OH is 1. The number of rotatable bonds is 4. The third-order valence-corrected chi connectivity index (χ3v) is 10.1. The normalized spacial score (nSPS) is 25.8. The second kappa shape index (κ2) is 9.93. The van der Waals surface area contributed by atoms with E-state index in [2.05, 4.69) is 14.7 Å². The van der Waals surface area contributed by atoms with Crippen molar-refractivity contribution < 1.29 is 18.7 Å². The van der Waals surface area contributed by atoms with Crippen molar-refractivity contribution in [3.05, 3.63) is 46.9 Å². The van der Waals surface area contributed by atoms with Crippen molar-refractivity contribution in [2.75, 3.05) is 18.0 Å². The zero-order chi connectivity index (χ0) is 28.5. The second-order valence-corrected chi connectivity index (χ2v) is 12.7. The third kappa shape index (κ3) is 4.54. The molecule has 2 saturated carbocycles. The molecule has 1 N–H and O–H groups in total. The molecule has 2 aliphatic heterocycles. The molecular weight excluding hydrogens is 526 g/mol. The first-order chi connectivity index (χ1) is 19.7. The predicted octanol–water partition coefficient (Wildman–Crippen LogP) is 5.47. The monoisotopic (exact) mass is 564 g/mol. The van der Waals surface area contributed by atoms with E-state index in [4.69, 9.17) is 5.10 Å². The lowest BCUT2D eigenvalue weighted by atomic mass is 9.59. The Labute approximate surface area is 238 Å². The lowest BCUT2D eigenvalue weighted by Gasteiger charge is -2.49. The molecule has 3 aromatic rings. The fourth-order valence-electron chi connectivity index (χ4n) is 7.88. The highest BCUT2D eigenvalue weighted by atomic mass is 19.3. The van der Waals surface area contributed by atoms with E-state index >= 15 is 0 Å². The van der Waals surface area contributed by atoms with E-state index in [9.17, 15) is 18.7 Å². The summed E-state index contributed by atoms with van der Waals surface area (Å²) >= 11 is 0. The van der Waals surface area contributed by atoms with Crippen molar-refractivity contribution >= 4 is 17.4 Å². The summed E-state index contributed by atoms with van der Waals surface area (Å²) < 4.78 is 32.8. The van der Waals surface area contributed by atoms with Crippen molar-refractivity contribution in [3.8, 4) is 11.1 Å². The summed E-state index contributed by atoms with van der Waals surface area (Å²) in [5, 5.41) is 19.4. The van der Waals surface area contributed by atoms with E-state index in [-0.39, 0.29) is 23.6 Å². The van der Waals surface area contributed by atoms with Crippen molar-refractivity contribution in [3.63, 3.8) is 0 Å². The molecule has 41 heavy (non-hydrogen) atoms. The molecule has 1 amide bonds. The third-order valence-electron chi connectivity index (χ3n) is 10.1. The molecule has 4 heterocycles. The highest BCUT2D eigenvalue weighted by Gasteiger charge is 2.46. The van der Waals surface area contributed by atoms with Crippen LogP contribution in [0.4, 0.5) is 20.3 Å². The van der Waals surface area contributed by atoms with Gasteiger partial charge in [-0.1, -0.05) is 0 Å². The van der Waals surface area contributed by atoms with Gasteiger partial charge in [-0.25, -0.2) is 8.78 Å². The number of anilines is 2. The first kappa shape index (κ1) is 26.6. The van der Waals surface area contributed by atoms with E-state index in [1.807, 2.05) is 11.0 Å². The fraction of sp³-hybridized carbons (Fsp3) is 0.581. The molecule has 0 atom stereocenters. The molecule has 7 rings (SSSR count). The van der Waals surface area contributed by atoms with Crippen LogP contribution in [0.5, 0.6) is 0 Å². The van der Waals surface area contributed by atoms with Crippen LogP contribution in [-0.4, -0.2) is 54.7 Å². The highest BCUT2D eigenvalue weighted by molar-refractivity contribution is 5.78. The average Bonchev–Trinajstić information content (AvgIpc) is 3.55. The first-order valence-electron chi connectivity index (χ1n) is 15.0. The maximum atomic E-state index is 14.5.